The Labute approximate surface area is 236 Å². The van der Waals surface area contributed by atoms with Gasteiger partial charge < -0.3 is 26.3 Å². The Morgan fingerprint density at radius 1 is 1.26 bits per heavy atom. The SMILES string of the molecule is NCCNC(=O)c1ccc[n+](CC2=C(C(=O)[O-])N3C(=O)[C@@H](NC(=O)CSc4cc(Cl)ccc4Cl)[C@H]3SC2)c1. The van der Waals surface area contributed by atoms with Crippen LogP contribution in [0.1, 0.15) is 10.4 Å². The first kappa shape index (κ1) is 28.2. The van der Waals surface area contributed by atoms with E-state index in [9.17, 15) is 24.3 Å². The van der Waals surface area contributed by atoms with Gasteiger partial charge in [0.15, 0.2) is 18.9 Å². The Balaban J connectivity index is 1.42. The number of halogens is 2. The summed E-state index contributed by atoms with van der Waals surface area (Å²) in [7, 11) is 0. The van der Waals surface area contributed by atoms with Gasteiger partial charge in [-0.1, -0.05) is 23.2 Å². The van der Waals surface area contributed by atoms with Crippen LogP contribution in [0.4, 0.5) is 0 Å². The van der Waals surface area contributed by atoms with E-state index < -0.39 is 29.2 Å². The third-order valence-corrected chi connectivity index (χ3v) is 8.80. The average molecular weight is 597 g/mol. The van der Waals surface area contributed by atoms with Crippen molar-refractivity contribution in [3.05, 3.63) is 69.6 Å². The van der Waals surface area contributed by atoms with Gasteiger partial charge in [-0.3, -0.25) is 19.3 Å². The number of nitrogens with one attached hydrogen (secondary N) is 2. The number of fused-ring (bicyclic) bond motifs is 1. The number of nitrogens with zero attached hydrogens (tertiary/aromatic N) is 2. The van der Waals surface area contributed by atoms with Crippen molar-refractivity contribution in [3.63, 3.8) is 0 Å². The second-order valence-corrected chi connectivity index (χ2v) is 11.3. The number of β-lactam (4-membered cyclic amide) rings is 1. The van der Waals surface area contributed by atoms with Gasteiger partial charge in [-0.05, 0) is 24.3 Å². The lowest BCUT2D eigenvalue weighted by molar-refractivity contribution is -0.689. The molecule has 3 heterocycles. The van der Waals surface area contributed by atoms with Crippen molar-refractivity contribution < 1.29 is 28.9 Å². The highest BCUT2D eigenvalue weighted by Gasteiger charge is 2.53. The van der Waals surface area contributed by atoms with E-state index in [1.54, 1.807) is 47.3 Å². The van der Waals surface area contributed by atoms with Gasteiger partial charge >= 0.3 is 0 Å². The zero-order valence-corrected chi connectivity index (χ0v) is 23.0. The number of aliphatic carboxylic acids is 1. The van der Waals surface area contributed by atoms with Gasteiger partial charge in [-0.15, -0.1) is 23.5 Å². The number of benzene rings is 1. The molecule has 1 aromatic heterocycles. The summed E-state index contributed by atoms with van der Waals surface area (Å²) in [4.78, 5) is 51.6. The fourth-order valence-electron chi connectivity index (χ4n) is 4.00. The molecule has 0 bridgehead atoms. The molecule has 1 saturated heterocycles. The molecule has 4 rings (SSSR count). The molecule has 10 nitrogen and oxygen atoms in total. The fraction of sp³-hybridized carbons (Fsp3) is 0.292. The molecule has 0 spiro atoms. The van der Waals surface area contributed by atoms with Gasteiger partial charge in [0.1, 0.15) is 17.0 Å². The van der Waals surface area contributed by atoms with Crippen LogP contribution >= 0.6 is 46.7 Å². The summed E-state index contributed by atoms with van der Waals surface area (Å²) in [6.07, 6.45) is 3.29. The number of hydrogen-bond acceptors (Lipinski definition) is 8. The molecule has 4 N–H and O–H groups in total. The standard InChI is InChI=1S/C24H23Cl2N5O5S2/c25-15-3-4-16(26)17(8-15)37-12-18(32)29-19-22(34)31-20(24(35)36)14(11-38-23(19)31)10-30-7-1-2-13(9-30)21(33)28-6-5-27/h1-4,7-9,19,23H,5-6,10-12,27H2,(H2-,28,29,32,33,35,36)/t19-,23-/m1/s1. The summed E-state index contributed by atoms with van der Waals surface area (Å²) in [5.41, 5.74) is 6.06. The zero-order valence-electron chi connectivity index (χ0n) is 19.8. The summed E-state index contributed by atoms with van der Waals surface area (Å²) in [6.45, 7) is 0.770. The van der Waals surface area contributed by atoms with Gasteiger partial charge in [0, 0.05) is 40.4 Å². The molecule has 200 valence electrons. The molecular weight excluding hydrogens is 573 g/mol. The number of hydrogen-bond donors (Lipinski definition) is 3. The quantitative estimate of drug-likeness (QED) is 0.200. The second-order valence-electron chi connectivity index (χ2n) is 8.37. The maximum absolute atomic E-state index is 12.9. The number of aromatic nitrogens is 1. The van der Waals surface area contributed by atoms with Crippen LogP contribution in [0.2, 0.25) is 10.0 Å². The number of amides is 3. The number of carbonyl (C=O) groups is 4. The Morgan fingerprint density at radius 3 is 2.79 bits per heavy atom. The van der Waals surface area contributed by atoms with E-state index in [1.807, 2.05) is 0 Å². The van der Waals surface area contributed by atoms with Crippen molar-refractivity contribution in [2.75, 3.05) is 24.6 Å². The number of nitrogens with two attached hydrogens (primary N) is 1. The Morgan fingerprint density at radius 2 is 2.05 bits per heavy atom. The van der Waals surface area contributed by atoms with Crippen LogP contribution in [0, 0.1) is 0 Å². The van der Waals surface area contributed by atoms with E-state index in [1.165, 1.54) is 23.5 Å². The Bertz CT molecular complexity index is 1320. The molecule has 1 fully saturated rings. The van der Waals surface area contributed by atoms with Crippen LogP contribution in [0.3, 0.4) is 0 Å². The molecule has 2 aliphatic heterocycles. The van der Waals surface area contributed by atoms with Gasteiger partial charge in [0.2, 0.25) is 5.91 Å². The number of rotatable bonds is 10. The minimum Gasteiger partial charge on any atom is -0.543 e. The molecule has 2 aromatic rings. The summed E-state index contributed by atoms with van der Waals surface area (Å²) in [5.74, 6) is -2.40. The van der Waals surface area contributed by atoms with Crippen LogP contribution in [0.25, 0.3) is 0 Å². The molecule has 1 aromatic carbocycles. The summed E-state index contributed by atoms with van der Waals surface area (Å²) < 4.78 is 1.66. The highest BCUT2D eigenvalue weighted by Crippen LogP contribution is 2.40. The molecule has 0 aliphatic carbocycles. The van der Waals surface area contributed by atoms with Crippen LogP contribution < -0.4 is 26.0 Å². The summed E-state index contributed by atoms with van der Waals surface area (Å²) >= 11 is 14.6. The van der Waals surface area contributed by atoms with E-state index in [0.29, 0.717) is 44.9 Å². The van der Waals surface area contributed by atoms with E-state index in [4.69, 9.17) is 28.9 Å². The lowest BCUT2D eigenvalue weighted by atomic mass is 10.0. The molecule has 0 unspecified atom stereocenters. The lowest BCUT2D eigenvalue weighted by Gasteiger charge is -2.50. The highest BCUT2D eigenvalue weighted by molar-refractivity contribution is 8.00. The van der Waals surface area contributed by atoms with Gasteiger partial charge in [-0.2, -0.15) is 0 Å². The second kappa shape index (κ2) is 12.4. The van der Waals surface area contributed by atoms with Crippen molar-refractivity contribution >= 4 is 70.4 Å². The minimum absolute atomic E-state index is 0.00149. The number of pyridine rings is 1. The summed E-state index contributed by atoms with van der Waals surface area (Å²) in [6, 6.07) is 7.36. The maximum Gasteiger partial charge on any atom is 0.257 e. The highest BCUT2D eigenvalue weighted by atomic mass is 35.5. The molecule has 14 heteroatoms. The van der Waals surface area contributed by atoms with Crippen molar-refractivity contribution in [2.45, 2.75) is 22.9 Å². The third-order valence-electron chi connectivity index (χ3n) is 5.73. The number of thioether (sulfide) groups is 2. The fourth-order valence-corrected chi connectivity index (χ4v) is 6.64. The first-order chi connectivity index (χ1) is 18.2. The van der Waals surface area contributed by atoms with Crippen LogP contribution in [0.15, 0.2) is 58.9 Å². The molecule has 0 saturated carbocycles. The monoisotopic (exact) mass is 595 g/mol. The number of carboxylic acid groups (broad SMARTS) is 1. The molecule has 0 radical (unpaired) electrons. The molecule has 38 heavy (non-hydrogen) atoms. The lowest BCUT2D eigenvalue weighted by Crippen LogP contribution is -2.71. The van der Waals surface area contributed by atoms with E-state index >= 15 is 0 Å². The van der Waals surface area contributed by atoms with E-state index in [-0.39, 0.29) is 23.9 Å². The van der Waals surface area contributed by atoms with Crippen molar-refractivity contribution in [1.82, 2.24) is 15.5 Å². The molecule has 3 amide bonds. The van der Waals surface area contributed by atoms with Gasteiger partial charge in [-0.25, -0.2) is 4.57 Å². The van der Waals surface area contributed by atoms with Crippen LogP contribution in [-0.2, 0) is 20.9 Å². The van der Waals surface area contributed by atoms with Crippen LogP contribution in [0.5, 0.6) is 0 Å². The average Bonchev–Trinajstić information content (AvgIpc) is 2.90. The number of carboxylic acids is 1. The topological polar surface area (TPSA) is 149 Å². The van der Waals surface area contributed by atoms with Gasteiger partial charge in [0.25, 0.3) is 11.8 Å². The predicted molar refractivity (Wildman–Crippen MR) is 142 cm³/mol. The third kappa shape index (κ3) is 6.26. The minimum atomic E-state index is -1.48. The largest absolute Gasteiger partial charge is 0.543 e. The maximum atomic E-state index is 12.9. The van der Waals surface area contributed by atoms with E-state index in [0.717, 1.165) is 4.90 Å². The first-order valence-corrected chi connectivity index (χ1v) is 14.2. The van der Waals surface area contributed by atoms with Gasteiger partial charge in [0.05, 0.1) is 22.4 Å². The molecule has 2 atom stereocenters. The first-order valence-electron chi connectivity index (χ1n) is 11.4. The smallest absolute Gasteiger partial charge is 0.257 e. The van der Waals surface area contributed by atoms with Crippen molar-refractivity contribution in [3.8, 4) is 0 Å². The Hall–Kier alpha value is -2.77. The zero-order chi connectivity index (χ0) is 27.4. The number of carbonyl (C=O) groups excluding carboxylic acids is 4. The predicted octanol–water partition coefficient (Wildman–Crippen LogP) is 0.166. The summed E-state index contributed by atoms with van der Waals surface area (Å²) in [5, 5.41) is 17.8. The molecule has 2 aliphatic rings. The van der Waals surface area contributed by atoms with E-state index in [2.05, 4.69) is 10.6 Å². The van der Waals surface area contributed by atoms with Crippen LogP contribution in [-0.4, -0.2) is 64.6 Å². The van der Waals surface area contributed by atoms with Crippen molar-refractivity contribution in [2.24, 2.45) is 5.73 Å². The van der Waals surface area contributed by atoms with Crippen molar-refractivity contribution in [1.29, 1.82) is 0 Å². The molecular formula is C24H23Cl2N5O5S2. The normalized spacial score (nSPS) is 18.5. The Kier molecular flexibility index (Phi) is 9.21.